The highest BCUT2D eigenvalue weighted by molar-refractivity contribution is 7.19. The summed E-state index contributed by atoms with van der Waals surface area (Å²) in [7, 11) is 0. The van der Waals surface area contributed by atoms with E-state index in [4.69, 9.17) is 4.98 Å². The molecule has 6 heteroatoms. The predicted octanol–water partition coefficient (Wildman–Crippen LogP) is 5.13. The van der Waals surface area contributed by atoms with Gasteiger partial charge >= 0.3 is 0 Å². The van der Waals surface area contributed by atoms with Crippen LogP contribution in [0.5, 0.6) is 0 Å². The monoisotopic (exact) mass is 381 g/mol. The number of thiazole rings is 1. The third kappa shape index (κ3) is 3.10. The van der Waals surface area contributed by atoms with Gasteiger partial charge in [0.2, 0.25) is 0 Å². The van der Waals surface area contributed by atoms with E-state index in [0.29, 0.717) is 23.5 Å². The van der Waals surface area contributed by atoms with Crippen LogP contribution in [0.25, 0.3) is 21.3 Å². The van der Waals surface area contributed by atoms with Crippen LogP contribution >= 0.6 is 22.7 Å². The molecule has 4 nitrogen and oxygen atoms in total. The van der Waals surface area contributed by atoms with Crippen LogP contribution in [0.1, 0.15) is 41.2 Å². The number of thiophene rings is 1. The number of nitrogens with one attached hydrogen (secondary N) is 1. The van der Waals surface area contributed by atoms with Crippen LogP contribution < -0.4 is 5.56 Å². The van der Waals surface area contributed by atoms with Gasteiger partial charge in [0.05, 0.1) is 16.1 Å². The van der Waals surface area contributed by atoms with Crippen molar-refractivity contribution < 1.29 is 0 Å². The molecule has 4 rings (SSSR count). The third-order valence-corrected chi connectivity index (χ3v) is 6.45. The van der Waals surface area contributed by atoms with Gasteiger partial charge in [-0.3, -0.25) is 4.79 Å². The first-order valence-corrected chi connectivity index (χ1v) is 10.2. The van der Waals surface area contributed by atoms with Crippen LogP contribution in [-0.2, 0) is 6.42 Å². The first-order chi connectivity index (χ1) is 12.5. The summed E-state index contributed by atoms with van der Waals surface area (Å²) < 4.78 is 0. The molecule has 0 atom stereocenters. The molecule has 3 heterocycles. The molecular weight excluding hydrogens is 362 g/mol. The van der Waals surface area contributed by atoms with Gasteiger partial charge in [-0.1, -0.05) is 44.2 Å². The van der Waals surface area contributed by atoms with Crippen LogP contribution in [0.15, 0.2) is 40.5 Å². The largest absolute Gasteiger partial charge is 0.310 e. The van der Waals surface area contributed by atoms with E-state index in [-0.39, 0.29) is 5.56 Å². The highest BCUT2D eigenvalue weighted by Crippen LogP contribution is 2.35. The molecule has 0 unspecified atom stereocenters. The van der Waals surface area contributed by atoms with Crippen LogP contribution in [0.2, 0.25) is 0 Å². The fraction of sp³-hybridized carbons (Fsp3) is 0.250. The van der Waals surface area contributed by atoms with Crippen molar-refractivity contribution in [3.05, 3.63) is 67.5 Å². The molecule has 4 aromatic rings. The smallest absolute Gasteiger partial charge is 0.260 e. The zero-order chi connectivity index (χ0) is 18.3. The van der Waals surface area contributed by atoms with Gasteiger partial charge in [0, 0.05) is 28.2 Å². The number of aromatic nitrogens is 3. The first kappa shape index (κ1) is 17.1. The molecule has 0 aliphatic carbocycles. The van der Waals surface area contributed by atoms with Crippen molar-refractivity contribution in [3.8, 4) is 11.1 Å². The van der Waals surface area contributed by atoms with Gasteiger partial charge < -0.3 is 4.98 Å². The first-order valence-electron chi connectivity index (χ1n) is 8.55. The molecule has 0 saturated heterocycles. The van der Waals surface area contributed by atoms with Crippen LogP contribution in [-0.4, -0.2) is 15.0 Å². The molecule has 132 valence electrons. The van der Waals surface area contributed by atoms with E-state index in [1.807, 2.05) is 37.3 Å². The number of benzene rings is 1. The van der Waals surface area contributed by atoms with Crippen LogP contribution in [0, 0.1) is 6.92 Å². The SMILES string of the molecule is Cc1sc2nc(Cc3csc(C(C)C)n3)[nH]c(=O)c2c1-c1ccccc1. The molecule has 0 bridgehead atoms. The Kier molecular flexibility index (Phi) is 4.46. The molecule has 26 heavy (non-hydrogen) atoms. The number of rotatable bonds is 4. The lowest BCUT2D eigenvalue weighted by Crippen LogP contribution is -2.12. The van der Waals surface area contributed by atoms with Gasteiger partial charge in [0.1, 0.15) is 10.7 Å². The molecule has 0 radical (unpaired) electrons. The predicted molar refractivity (Wildman–Crippen MR) is 109 cm³/mol. The second-order valence-corrected chi connectivity index (χ2v) is 8.69. The fourth-order valence-corrected chi connectivity index (χ4v) is 4.94. The van der Waals surface area contributed by atoms with Crippen molar-refractivity contribution in [2.24, 2.45) is 0 Å². The van der Waals surface area contributed by atoms with Gasteiger partial charge in [-0.05, 0) is 12.5 Å². The zero-order valence-electron chi connectivity index (χ0n) is 14.9. The maximum Gasteiger partial charge on any atom is 0.260 e. The van der Waals surface area contributed by atoms with E-state index in [0.717, 1.165) is 31.5 Å². The Morgan fingerprint density at radius 2 is 1.92 bits per heavy atom. The highest BCUT2D eigenvalue weighted by atomic mass is 32.1. The number of hydrogen-bond acceptors (Lipinski definition) is 5. The number of fused-ring (bicyclic) bond motifs is 1. The Labute approximate surface area is 159 Å². The summed E-state index contributed by atoms with van der Waals surface area (Å²) in [6.07, 6.45) is 0.548. The summed E-state index contributed by atoms with van der Waals surface area (Å²) in [5.41, 5.74) is 2.92. The number of nitrogens with zero attached hydrogens (tertiary/aromatic N) is 2. The number of hydrogen-bond donors (Lipinski definition) is 1. The van der Waals surface area contributed by atoms with Crippen molar-refractivity contribution in [2.75, 3.05) is 0 Å². The van der Waals surface area contributed by atoms with Gasteiger partial charge in [-0.15, -0.1) is 22.7 Å². The summed E-state index contributed by atoms with van der Waals surface area (Å²) in [5.74, 6) is 1.08. The van der Waals surface area contributed by atoms with Gasteiger partial charge in [-0.25, -0.2) is 9.97 Å². The fourth-order valence-electron chi connectivity index (χ4n) is 3.04. The Hall–Kier alpha value is -2.31. The summed E-state index contributed by atoms with van der Waals surface area (Å²) in [4.78, 5) is 27.0. The molecule has 1 N–H and O–H groups in total. The molecule has 3 aromatic heterocycles. The van der Waals surface area contributed by atoms with Crippen molar-refractivity contribution in [1.29, 1.82) is 0 Å². The van der Waals surface area contributed by atoms with Crippen molar-refractivity contribution in [1.82, 2.24) is 15.0 Å². The van der Waals surface area contributed by atoms with E-state index in [1.165, 1.54) is 0 Å². The van der Waals surface area contributed by atoms with Gasteiger partial charge in [-0.2, -0.15) is 0 Å². The molecule has 0 saturated carbocycles. The van der Waals surface area contributed by atoms with Crippen LogP contribution in [0.3, 0.4) is 0 Å². The van der Waals surface area contributed by atoms with E-state index in [2.05, 4.69) is 29.2 Å². The second kappa shape index (κ2) is 6.78. The molecular formula is C20H19N3OS2. The lowest BCUT2D eigenvalue weighted by molar-refractivity contribution is 0.836. The normalized spacial score (nSPS) is 11.5. The Balaban J connectivity index is 1.77. The maximum absolute atomic E-state index is 12.8. The molecule has 0 amide bonds. The highest BCUT2D eigenvalue weighted by Gasteiger charge is 2.17. The lowest BCUT2D eigenvalue weighted by Gasteiger charge is -2.02. The summed E-state index contributed by atoms with van der Waals surface area (Å²) >= 11 is 3.23. The number of aryl methyl sites for hydroxylation is 1. The van der Waals surface area contributed by atoms with E-state index in [1.54, 1.807) is 22.7 Å². The summed E-state index contributed by atoms with van der Waals surface area (Å²) in [6.45, 7) is 6.31. The molecule has 0 spiro atoms. The van der Waals surface area contributed by atoms with E-state index >= 15 is 0 Å². The zero-order valence-corrected chi connectivity index (χ0v) is 16.5. The number of H-pyrrole nitrogens is 1. The maximum atomic E-state index is 12.8. The van der Waals surface area contributed by atoms with Gasteiger partial charge in [0.25, 0.3) is 5.56 Å². The molecule has 0 aliphatic rings. The molecule has 0 fully saturated rings. The minimum Gasteiger partial charge on any atom is -0.310 e. The topological polar surface area (TPSA) is 58.6 Å². The quantitative estimate of drug-likeness (QED) is 0.533. The Morgan fingerprint density at radius 1 is 1.15 bits per heavy atom. The van der Waals surface area contributed by atoms with E-state index < -0.39 is 0 Å². The summed E-state index contributed by atoms with van der Waals surface area (Å²) in [5, 5.41) is 3.85. The average molecular weight is 382 g/mol. The van der Waals surface area contributed by atoms with Crippen molar-refractivity contribution >= 4 is 32.9 Å². The minimum atomic E-state index is -0.0764. The third-order valence-electron chi connectivity index (χ3n) is 4.26. The average Bonchev–Trinajstić information content (AvgIpc) is 3.20. The van der Waals surface area contributed by atoms with Crippen LogP contribution in [0.4, 0.5) is 0 Å². The molecule has 1 aromatic carbocycles. The van der Waals surface area contributed by atoms with Crippen molar-refractivity contribution in [3.63, 3.8) is 0 Å². The summed E-state index contributed by atoms with van der Waals surface area (Å²) in [6, 6.07) is 10.0. The Bertz CT molecular complexity index is 1120. The second-order valence-electron chi connectivity index (χ2n) is 6.60. The lowest BCUT2D eigenvalue weighted by atomic mass is 10.0. The van der Waals surface area contributed by atoms with Crippen molar-refractivity contribution in [2.45, 2.75) is 33.1 Å². The standard InChI is InChI=1S/C20H19N3OS2/c1-11(2)19-21-14(10-25-19)9-15-22-18(24)17-16(12(3)26-20(17)23-15)13-7-5-4-6-8-13/h4-8,10-11H,9H2,1-3H3,(H,22,23,24). The molecule has 0 aliphatic heterocycles. The number of aromatic amines is 1. The Morgan fingerprint density at radius 3 is 2.62 bits per heavy atom. The van der Waals surface area contributed by atoms with Gasteiger partial charge in [0.15, 0.2) is 0 Å². The van der Waals surface area contributed by atoms with E-state index in [9.17, 15) is 4.79 Å². The minimum absolute atomic E-state index is 0.0764.